The summed E-state index contributed by atoms with van der Waals surface area (Å²) in [5.41, 5.74) is -0.450. The lowest BCUT2D eigenvalue weighted by Crippen LogP contribution is -2.69. The fourth-order valence-corrected chi connectivity index (χ4v) is 7.66. The van der Waals surface area contributed by atoms with Crippen LogP contribution in [0.3, 0.4) is 0 Å². The van der Waals surface area contributed by atoms with E-state index in [2.05, 4.69) is 13.8 Å². The number of ketones is 1. The molecule has 0 heterocycles. The molecule has 0 amide bonds. The Hall–Kier alpha value is -0.410. The van der Waals surface area contributed by atoms with E-state index in [9.17, 15) is 15.0 Å². The second-order valence-corrected chi connectivity index (χ2v) is 10.0. The average molecular weight is 320 g/mol. The highest BCUT2D eigenvalue weighted by molar-refractivity contribution is 5.88. The number of aliphatic hydroxyl groups is 2. The minimum atomic E-state index is -0.495. The Morgan fingerprint density at radius 3 is 2.52 bits per heavy atom. The number of fused-ring (bicyclic) bond motifs is 3. The van der Waals surface area contributed by atoms with E-state index in [0.29, 0.717) is 24.0 Å². The van der Waals surface area contributed by atoms with Crippen LogP contribution in [0.15, 0.2) is 0 Å². The second-order valence-electron chi connectivity index (χ2n) is 10.0. The van der Waals surface area contributed by atoms with Crippen molar-refractivity contribution in [3.8, 4) is 0 Å². The summed E-state index contributed by atoms with van der Waals surface area (Å²) in [7, 11) is 0. The van der Waals surface area contributed by atoms with Gasteiger partial charge in [0, 0.05) is 13.0 Å². The third-order valence-corrected chi connectivity index (χ3v) is 9.21. The molecule has 0 aromatic carbocycles. The summed E-state index contributed by atoms with van der Waals surface area (Å²) >= 11 is 0. The molecule has 1 unspecified atom stereocenters. The van der Waals surface area contributed by atoms with E-state index in [1.807, 2.05) is 6.92 Å². The van der Waals surface area contributed by atoms with Gasteiger partial charge in [-0.1, -0.05) is 27.2 Å². The maximum absolute atomic E-state index is 12.9. The van der Waals surface area contributed by atoms with Gasteiger partial charge in [0.2, 0.25) is 0 Å². The fourth-order valence-electron chi connectivity index (χ4n) is 7.66. The largest absolute Gasteiger partial charge is 0.396 e. The summed E-state index contributed by atoms with van der Waals surface area (Å²) in [6.45, 7) is 6.89. The van der Waals surface area contributed by atoms with E-state index in [-0.39, 0.29) is 22.9 Å². The highest BCUT2D eigenvalue weighted by Gasteiger charge is 2.71. The van der Waals surface area contributed by atoms with Crippen molar-refractivity contribution in [2.75, 3.05) is 6.61 Å². The van der Waals surface area contributed by atoms with Gasteiger partial charge in [0.1, 0.15) is 5.78 Å². The summed E-state index contributed by atoms with van der Waals surface area (Å²) in [5, 5.41) is 20.9. The second kappa shape index (κ2) is 4.60. The van der Waals surface area contributed by atoms with Gasteiger partial charge in [-0.15, -0.1) is 0 Å². The van der Waals surface area contributed by atoms with E-state index >= 15 is 0 Å². The lowest BCUT2D eigenvalue weighted by atomic mass is 9.33. The maximum atomic E-state index is 12.9. The molecule has 3 heteroatoms. The van der Waals surface area contributed by atoms with E-state index in [4.69, 9.17) is 0 Å². The first-order valence-corrected chi connectivity index (χ1v) is 9.54. The van der Waals surface area contributed by atoms with Gasteiger partial charge in [0.25, 0.3) is 0 Å². The molecule has 1 spiro atoms. The quantitative estimate of drug-likeness (QED) is 0.779. The third kappa shape index (κ3) is 1.71. The van der Waals surface area contributed by atoms with E-state index in [1.165, 1.54) is 12.8 Å². The Kier molecular flexibility index (Phi) is 3.22. The first kappa shape index (κ1) is 16.1. The first-order valence-electron chi connectivity index (χ1n) is 9.54. The van der Waals surface area contributed by atoms with E-state index in [1.54, 1.807) is 0 Å². The normalized spacial score (nSPS) is 58.7. The van der Waals surface area contributed by atoms with E-state index < -0.39 is 11.5 Å². The molecular formula is C20H32O3. The van der Waals surface area contributed by atoms with Gasteiger partial charge in [-0.2, -0.15) is 0 Å². The number of carbonyl (C=O) groups is 1. The number of rotatable bonds is 1. The van der Waals surface area contributed by atoms with Crippen LogP contribution in [0.1, 0.15) is 72.1 Å². The molecule has 0 aliphatic heterocycles. The summed E-state index contributed by atoms with van der Waals surface area (Å²) in [6.07, 6.45) is 7.61. The summed E-state index contributed by atoms with van der Waals surface area (Å²) < 4.78 is 0. The van der Waals surface area contributed by atoms with Gasteiger partial charge in [0.05, 0.1) is 11.5 Å². The molecule has 5 rings (SSSR count). The topological polar surface area (TPSA) is 57.5 Å². The molecule has 5 fully saturated rings. The molecule has 3 nitrogen and oxygen atoms in total. The molecule has 0 saturated heterocycles. The minimum Gasteiger partial charge on any atom is -0.396 e. The van der Waals surface area contributed by atoms with Crippen molar-refractivity contribution in [3.63, 3.8) is 0 Å². The number of hydrogen-bond acceptors (Lipinski definition) is 3. The smallest absolute Gasteiger partial charge is 0.141 e. The summed E-state index contributed by atoms with van der Waals surface area (Å²) in [5.74, 6) is 1.36. The maximum Gasteiger partial charge on any atom is 0.141 e. The zero-order valence-electron chi connectivity index (χ0n) is 14.9. The Labute approximate surface area is 139 Å². The number of hydrogen-bond donors (Lipinski definition) is 2. The molecule has 5 saturated carbocycles. The summed E-state index contributed by atoms with van der Waals surface area (Å²) in [6, 6.07) is 0. The van der Waals surface area contributed by atoms with Crippen LogP contribution in [0, 0.1) is 33.5 Å². The predicted molar refractivity (Wildman–Crippen MR) is 88.8 cm³/mol. The van der Waals surface area contributed by atoms with Gasteiger partial charge in [-0.25, -0.2) is 0 Å². The minimum absolute atomic E-state index is 0.0150. The lowest BCUT2D eigenvalue weighted by Gasteiger charge is -2.71. The molecule has 2 N–H and O–H groups in total. The molecule has 0 aromatic rings. The molecule has 2 bridgehead atoms. The number of carbonyl (C=O) groups excluding carboxylic acids is 1. The predicted octanol–water partition coefficient (Wildman–Crippen LogP) is 3.32. The molecular weight excluding hydrogens is 288 g/mol. The van der Waals surface area contributed by atoms with Crippen LogP contribution in [0.5, 0.6) is 0 Å². The SMILES string of the molecule is C[C@]1(CO)CCC[C@@]2(C)[C@H]1CC[C@H]1C[C@]3(C)C(=O)C[C@]12CC3O. The van der Waals surface area contributed by atoms with Gasteiger partial charge in [0.15, 0.2) is 0 Å². The average Bonchev–Trinajstić information content (AvgIpc) is 2.49. The Bertz CT molecular complexity index is 545. The first-order chi connectivity index (χ1) is 10.7. The van der Waals surface area contributed by atoms with Crippen LogP contribution >= 0.6 is 0 Å². The van der Waals surface area contributed by atoms with Crippen molar-refractivity contribution in [1.82, 2.24) is 0 Å². The van der Waals surface area contributed by atoms with Crippen LogP contribution in [0.25, 0.3) is 0 Å². The molecule has 7 atom stereocenters. The highest BCUT2D eigenvalue weighted by Crippen LogP contribution is 2.74. The van der Waals surface area contributed by atoms with Crippen molar-refractivity contribution in [2.24, 2.45) is 33.5 Å². The van der Waals surface area contributed by atoms with Crippen LogP contribution in [0.4, 0.5) is 0 Å². The zero-order valence-corrected chi connectivity index (χ0v) is 14.9. The zero-order chi connectivity index (χ0) is 16.7. The van der Waals surface area contributed by atoms with Crippen LogP contribution < -0.4 is 0 Å². The molecule has 130 valence electrons. The van der Waals surface area contributed by atoms with Gasteiger partial charge >= 0.3 is 0 Å². The van der Waals surface area contributed by atoms with Crippen molar-refractivity contribution in [3.05, 3.63) is 0 Å². The van der Waals surface area contributed by atoms with Crippen molar-refractivity contribution < 1.29 is 15.0 Å². The highest BCUT2D eigenvalue weighted by atomic mass is 16.3. The third-order valence-electron chi connectivity index (χ3n) is 9.21. The lowest BCUT2D eigenvalue weighted by molar-refractivity contribution is -0.243. The fraction of sp³-hybridized carbons (Fsp3) is 0.950. The molecule has 5 aliphatic carbocycles. The van der Waals surface area contributed by atoms with Crippen molar-refractivity contribution in [1.29, 1.82) is 0 Å². The van der Waals surface area contributed by atoms with Crippen LogP contribution in [-0.4, -0.2) is 28.7 Å². The molecule has 0 radical (unpaired) electrons. The number of Topliss-reactive ketones (excluding diaryl/α,β-unsaturated/α-hetero) is 1. The molecule has 23 heavy (non-hydrogen) atoms. The Morgan fingerprint density at radius 1 is 1.13 bits per heavy atom. The van der Waals surface area contributed by atoms with Crippen LogP contribution in [0.2, 0.25) is 0 Å². The van der Waals surface area contributed by atoms with Crippen molar-refractivity contribution in [2.45, 2.75) is 78.2 Å². The number of aliphatic hydroxyl groups excluding tert-OH is 2. The summed E-state index contributed by atoms with van der Waals surface area (Å²) in [4.78, 5) is 12.9. The van der Waals surface area contributed by atoms with Crippen LogP contribution in [-0.2, 0) is 4.79 Å². The Morgan fingerprint density at radius 2 is 1.87 bits per heavy atom. The molecule has 0 aromatic heterocycles. The standard InChI is InChI=1S/C20H32O3/c1-17(12-21)7-4-8-19(3)14(17)6-5-13-9-18(2)15(22)10-20(13,19)11-16(18)23/h13-15,21-22H,4-12H2,1-3H3/t13-,14-,15?,17+,18-,19-,20+/m0/s1. The van der Waals surface area contributed by atoms with Gasteiger partial charge in [-0.3, -0.25) is 4.79 Å². The van der Waals surface area contributed by atoms with Gasteiger partial charge < -0.3 is 10.2 Å². The monoisotopic (exact) mass is 320 g/mol. The molecule has 5 aliphatic rings. The Balaban J connectivity index is 1.82. The van der Waals surface area contributed by atoms with Crippen molar-refractivity contribution >= 4 is 5.78 Å². The van der Waals surface area contributed by atoms with E-state index in [0.717, 1.165) is 32.1 Å². The van der Waals surface area contributed by atoms with Gasteiger partial charge in [-0.05, 0) is 66.6 Å².